The molecule has 0 unspecified atom stereocenters. The molecule has 5 heteroatoms. The van der Waals surface area contributed by atoms with Crippen LogP contribution in [0.1, 0.15) is 35.2 Å². The Kier molecular flexibility index (Phi) is 4.95. The van der Waals surface area contributed by atoms with E-state index in [2.05, 4.69) is 12.1 Å². The Morgan fingerprint density at radius 1 is 1.04 bits per heavy atom. The molecule has 4 nitrogen and oxygen atoms in total. The monoisotopic (exact) mass is 424 g/mol. The average molecular weight is 424 g/mol. The Hall–Kier alpha value is -1.89. The van der Waals surface area contributed by atoms with E-state index in [1.807, 2.05) is 36.4 Å². The third-order valence-electron chi connectivity index (χ3n) is 3.64. The Labute approximate surface area is 142 Å². The first kappa shape index (κ1) is 16.0. The first-order valence-electron chi connectivity index (χ1n) is 7.47. The Bertz CT molecular complexity index is 724. The number of hydrogen-bond acceptors (Lipinski definition) is 3. The van der Waals surface area contributed by atoms with Crippen LogP contribution < -0.4 is 0 Å². The van der Waals surface area contributed by atoms with Gasteiger partial charge in [-0.15, -0.1) is 0 Å². The molecule has 0 aliphatic carbocycles. The van der Waals surface area contributed by atoms with Gasteiger partial charge >= 0.3 is 142 Å². The number of unbranched alkanes of at least 4 members (excludes halogenated alkanes) is 1. The van der Waals surface area contributed by atoms with Crippen LogP contribution in [0.3, 0.4) is 0 Å². The zero-order valence-electron chi connectivity index (χ0n) is 12.5. The second kappa shape index (κ2) is 7.12. The minimum atomic E-state index is -2.09. The van der Waals surface area contributed by atoms with Crippen LogP contribution in [-0.2, 0) is 14.3 Å². The van der Waals surface area contributed by atoms with Gasteiger partial charge in [-0.3, -0.25) is 0 Å². The summed E-state index contributed by atoms with van der Waals surface area (Å²) in [4.78, 5) is 22.4. The summed E-state index contributed by atoms with van der Waals surface area (Å²) in [5.41, 5.74) is 1.89. The second-order valence-corrected chi connectivity index (χ2v) is 9.59. The van der Waals surface area contributed by atoms with Crippen LogP contribution in [0.15, 0.2) is 48.5 Å². The van der Waals surface area contributed by atoms with Gasteiger partial charge in [-0.1, -0.05) is 0 Å². The van der Waals surface area contributed by atoms with Crippen LogP contribution in [0.5, 0.6) is 0 Å². The minimum absolute atomic E-state index is 0.205. The second-order valence-electron chi connectivity index (χ2n) is 5.32. The van der Waals surface area contributed by atoms with Gasteiger partial charge in [0.2, 0.25) is 0 Å². The first-order valence-corrected chi connectivity index (χ1v) is 10.5. The number of benzene rings is 2. The number of aryl methyl sites for hydroxylation is 1. The molecule has 0 aromatic heterocycles. The number of aliphatic carboxylic acids is 1. The maximum atomic E-state index is 11.9. The maximum absolute atomic E-state index is 11.9. The van der Waals surface area contributed by atoms with E-state index in [1.165, 1.54) is 5.56 Å². The fraction of sp³-hybridized carbons (Fsp3) is 0.222. The van der Waals surface area contributed by atoms with E-state index < -0.39 is 26.2 Å². The SMILES string of the molecule is O=C(O)CCCCc1ccc(I2OC(=O)c3ccccc32)cc1. The van der Waals surface area contributed by atoms with Crippen molar-refractivity contribution in [2.45, 2.75) is 25.7 Å². The Morgan fingerprint density at radius 3 is 2.52 bits per heavy atom. The fourth-order valence-corrected chi connectivity index (χ4v) is 6.74. The zero-order chi connectivity index (χ0) is 16.2. The quantitative estimate of drug-likeness (QED) is 0.560. The number of halogens is 1. The molecule has 1 aliphatic heterocycles. The van der Waals surface area contributed by atoms with Crippen molar-refractivity contribution < 1.29 is 17.8 Å². The van der Waals surface area contributed by atoms with E-state index >= 15 is 0 Å². The number of hydrogen-bond donors (Lipinski definition) is 1. The average Bonchev–Trinajstić information content (AvgIpc) is 2.90. The number of carboxylic acids is 1. The molecule has 0 saturated heterocycles. The summed E-state index contributed by atoms with van der Waals surface area (Å²) >= 11 is -2.09. The van der Waals surface area contributed by atoms with Gasteiger partial charge in [0.05, 0.1) is 0 Å². The zero-order valence-corrected chi connectivity index (χ0v) is 14.7. The van der Waals surface area contributed by atoms with Crippen molar-refractivity contribution in [2.75, 3.05) is 0 Å². The molecule has 2 aromatic rings. The van der Waals surface area contributed by atoms with Crippen LogP contribution in [0.2, 0.25) is 0 Å². The van der Waals surface area contributed by atoms with Crippen molar-refractivity contribution in [3.63, 3.8) is 0 Å². The van der Waals surface area contributed by atoms with Crippen LogP contribution in [-0.4, -0.2) is 17.0 Å². The molecule has 0 amide bonds. The molecule has 3 rings (SSSR count). The van der Waals surface area contributed by atoms with Crippen LogP contribution in [0, 0.1) is 7.14 Å². The van der Waals surface area contributed by atoms with Gasteiger partial charge in [0.1, 0.15) is 0 Å². The third-order valence-corrected chi connectivity index (χ3v) is 8.33. The van der Waals surface area contributed by atoms with Gasteiger partial charge in [0.15, 0.2) is 0 Å². The molecule has 0 radical (unpaired) electrons. The normalized spacial score (nSPS) is 14.4. The molecule has 120 valence electrons. The van der Waals surface area contributed by atoms with Gasteiger partial charge in [0.25, 0.3) is 0 Å². The summed E-state index contributed by atoms with van der Waals surface area (Å²) in [6.45, 7) is 0. The van der Waals surface area contributed by atoms with Gasteiger partial charge in [0, 0.05) is 0 Å². The third kappa shape index (κ3) is 3.72. The molecule has 23 heavy (non-hydrogen) atoms. The summed E-state index contributed by atoms with van der Waals surface area (Å²) in [5, 5.41) is 8.63. The van der Waals surface area contributed by atoms with E-state index in [0.29, 0.717) is 12.0 Å². The van der Waals surface area contributed by atoms with E-state index in [4.69, 9.17) is 8.17 Å². The molecule has 0 atom stereocenters. The predicted molar refractivity (Wildman–Crippen MR) is 94.9 cm³/mol. The molecular formula is C18H17IO4. The van der Waals surface area contributed by atoms with E-state index in [1.54, 1.807) is 0 Å². The number of fused-ring (bicyclic) bond motifs is 1. The standard InChI is InChI=1S/C18H17IO4/c20-17(21)8-4-1-5-13-9-11-14(12-10-13)19-16-7-3-2-6-15(16)18(22)23-19/h2-3,6-7,9-12H,1,4-5,8H2,(H,20,21). The van der Waals surface area contributed by atoms with Crippen molar-refractivity contribution in [2.24, 2.45) is 0 Å². The molecule has 2 aromatic carbocycles. The number of rotatable bonds is 6. The summed E-state index contributed by atoms with van der Waals surface area (Å²) in [5.74, 6) is -0.947. The van der Waals surface area contributed by atoms with Crippen molar-refractivity contribution >= 4 is 32.2 Å². The van der Waals surface area contributed by atoms with Crippen LogP contribution >= 0.6 is 20.2 Å². The fourth-order valence-electron chi connectivity index (χ4n) is 2.46. The van der Waals surface area contributed by atoms with Gasteiger partial charge in [-0.2, -0.15) is 0 Å². The molecule has 1 heterocycles. The Balaban J connectivity index is 1.66. The van der Waals surface area contributed by atoms with Gasteiger partial charge in [-0.25, -0.2) is 0 Å². The number of carbonyl (C=O) groups excluding carboxylic acids is 1. The van der Waals surface area contributed by atoms with Crippen molar-refractivity contribution in [1.82, 2.24) is 0 Å². The molecular weight excluding hydrogens is 407 g/mol. The van der Waals surface area contributed by atoms with E-state index in [9.17, 15) is 9.59 Å². The van der Waals surface area contributed by atoms with E-state index in [0.717, 1.165) is 20.0 Å². The molecule has 0 saturated carbocycles. The molecule has 0 bridgehead atoms. The van der Waals surface area contributed by atoms with Crippen LogP contribution in [0.4, 0.5) is 0 Å². The van der Waals surface area contributed by atoms with Crippen LogP contribution in [0.25, 0.3) is 0 Å². The van der Waals surface area contributed by atoms with Crippen molar-refractivity contribution in [3.05, 3.63) is 66.8 Å². The molecule has 1 N–H and O–H groups in total. The first-order chi connectivity index (χ1) is 11.1. The van der Waals surface area contributed by atoms with Crippen molar-refractivity contribution in [3.8, 4) is 0 Å². The molecule has 0 fully saturated rings. The number of carboxylic acid groups (broad SMARTS) is 1. The number of carbonyl (C=O) groups is 2. The summed E-state index contributed by atoms with van der Waals surface area (Å²) in [6, 6.07) is 15.8. The van der Waals surface area contributed by atoms with E-state index in [-0.39, 0.29) is 12.4 Å². The molecule has 0 spiro atoms. The molecule has 1 aliphatic rings. The Morgan fingerprint density at radius 2 is 1.78 bits per heavy atom. The summed E-state index contributed by atoms with van der Waals surface area (Å²) in [7, 11) is 0. The summed E-state index contributed by atoms with van der Waals surface area (Å²) in [6.07, 6.45) is 2.66. The predicted octanol–water partition coefficient (Wildman–Crippen LogP) is 4.12. The van der Waals surface area contributed by atoms with Crippen molar-refractivity contribution in [1.29, 1.82) is 0 Å². The topological polar surface area (TPSA) is 63.6 Å². The van der Waals surface area contributed by atoms with Gasteiger partial charge < -0.3 is 0 Å². The summed E-state index contributed by atoms with van der Waals surface area (Å²) < 4.78 is 7.81. The van der Waals surface area contributed by atoms with Gasteiger partial charge in [-0.05, 0) is 0 Å².